The molecular weight excluding hydrogens is 981 g/mol. The van der Waals surface area contributed by atoms with Gasteiger partial charge in [-0.3, -0.25) is 0 Å². The molecule has 9 aliphatic rings. The Bertz CT molecular complexity index is 1870. The molecule has 0 unspecified atom stereocenters. The van der Waals surface area contributed by atoms with Gasteiger partial charge in [0.15, 0.2) is 30.9 Å². The number of fused-ring (bicyclic) bond motifs is 7. The van der Waals surface area contributed by atoms with E-state index in [-0.39, 0.29) is 53.1 Å². The highest BCUT2D eigenvalue weighted by atomic mass is 16.8. The Hall–Kier alpha value is -0.920. The second-order valence-electron chi connectivity index (χ2n) is 24.4. The molecule has 0 aromatic heterocycles. The molecule has 0 amide bonds. The van der Waals surface area contributed by atoms with Crippen molar-refractivity contribution in [2.45, 2.75) is 246 Å². The van der Waals surface area contributed by atoms with Gasteiger partial charge in [0.25, 0.3) is 0 Å². The van der Waals surface area contributed by atoms with Gasteiger partial charge < -0.3 is 114 Å². The summed E-state index contributed by atoms with van der Waals surface area (Å²) in [4.78, 5) is 0. The molecule has 14 N–H and O–H groups in total. The summed E-state index contributed by atoms with van der Waals surface area (Å²) in [5.74, 6) is -0.426. The molecule has 5 heterocycles. The molecular formula is C51H86O23. The minimum absolute atomic E-state index is 0.0932. The van der Waals surface area contributed by atoms with E-state index in [1.165, 1.54) is 13.8 Å². The molecule has 33 atom stereocenters. The van der Waals surface area contributed by atoms with Crippen molar-refractivity contribution in [1.29, 1.82) is 0 Å². The zero-order chi connectivity index (χ0) is 53.7. The average Bonchev–Trinajstić information content (AvgIpc) is 3.82. The van der Waals surface area contributed by atoms with E-state index in [0.717, 1.165) is 32.1 Å². The van der Waals surface area contributed by atoms with Gasteiger partial charge >= 0.3 is 0 Å². The van der Waals surface area contributed by atoms with Gasteiger partial charge in [-0.15, -0.1) is 0 Å². The summed E-state index contributed by atoms with van der Waals surface area (Å²) in [6.45, 7) is 10.4. The minimum Gasteiger partial charge on any atom is -0.394 e. The third-order valence-corrected chi connectivity index (χ3v) is 20.0. The van der Waals surface area contributed by atoms with Crippen molar-refractivity contribution in [3.05, 3.63) is 0 Å². The first kappa shape index (κ1) is 57.8. The van der Waals surface area contributed by atoms with Gasteiger partial charge in [-0.25, -0.2) is 0 Å². The highest BCUT2D eigenvalue weighted by Gasteiger charge is 2.69. The number of aliphatic hydroxyl groups excluding tert-OH is 13. The largest absolute Gasteiger partial charge is 0.394 e. The predicted octanol–water partition coefficient (Wildman–Crippen LogP) is -2.93. The summed E-state index contributed by atoms with van der Waals surface area (Å²) in [5, 5.41) is 151. The van der Waals surface area contributed by atoms with Crippen molar-refractivity contribution in [1.82, 2.24) is 0 Å². The Kier molecular flexibility index (Phi) is 17.3. The van der Waals surface area contributed by atoms with Crippen LogP contribution in [-0.4, -0.2) is 238 Å². The first-order valence-electron chi connectivity index (χ1n) is 27.2. The molecule has 74 heavy (non-hydrogen) atoms. The SMILES string of the molecule is C[C@H](CC[C@]1(O)O[C@H]2C[C@@H]3[C@@H]4CC[C@H]5C[C@@H](O[C@@H]6O[C@H](CO)[C@@H](O[C@@H]7O[C@@H](C)[C@H](O)[C@@H](O)[C@H]7O)[C@H](O)[C@H]6O[C@@H]6O[C@@H](C)[C@H](O)[C@@H](O)[C@H]6O)[C@H](O)C[C@]5(C)[C@H]4CC[C@]3(C)[C@H]2[C@@H]1C)CO[C@@H]1O[C@H](CO)[C@@H](O)[C@H](O)[C@H]1O. The fourth-order valence-corrected chi connectivity index (χ4v) is 15.6. The van der Waals surface area contributed by atoms with E-state index in [1.54, 1.807) is 0 Å². The molecule has 4 saturated carbocycles. The Morgan fingerprint density at radius 2 is 1.16 bits per heavy atom. The van der Waals surface area contributed by atoms with E-state index in [9.17, 15) is 71.5 Å². The lowest BCUT2D eigenvalue weighted by Gasteiger charge is -2.62. The lowest BCUT2D eigenvalue weighted by Crippen LogP contribution is -2.67. The van der Waals surface area contributed by atoms with Gasteiger partial charge in [-0.1, -0.05) is 27.7 Å². The topological polar surface area (TPSA) is 366 Å². The molecule has 0 radical (unpaired) electrons. The molecule has 23 heteroatoms. The van der Waals surface area contributed by atoms with Crippen molar-refractivity contribution in [3.8, 4) is 0 Å². The van der Waals surface area contributed by atoms with Gasteiger partial charge in [-0.05, 0) is 112 Å². The summed E-state index contributed by atoms with van der Waals surface area (Å²) in [6, 6.07) is 0. The van der Waals surface area contributed by atoms with E-state index in [0.29, 0.717) is 37.5 Å². The average molecular weight is 1070 g/mol. The summed E-state index contributed by atoms with van der Waals surface area (Å²) >= 11 is 0. The Morgan fingerprint density at radius 3 is 1.78 bits per heavy atom. The van der Waals surface area contributed by atoms with Crippen molar-refractivity contribution in [2.24, 2.45) is 52.3 Å². The smallest absolute Gasteiger partial charge is 0.187 e. The summed E-state index contributed by atoms with van der Waals surface area (Å²) < 4.78 is 54.4. The molecule has 5 aliphatic heterocycles. The van der Waals surface area contributed by atoms with Crippen LogP contribution in [0.25, 0.3) is 0 Å². The van der Waals surface area contributed by atoms with E-state index in [4.69, 9.17) is 42.6 Å². The first-order valence-corrected chi connectivity index (χ1v) is 27.2. The standard InChI is InChI=1S/C51H86O23/c1-19(18-66-45-39(61)38(60)35(57)30(16-52)70-45)9-12-51(65)20(2)32-29(74-51)14-26-24-8-7-23-13-28(27(54)15-50(23,6)25(24)10-11-49(26,32)5)69-48-44(73-47-41(63)37(59)34(56)22(4)68-47)42(64)43(31(17-53)71-48)72-46-40(62)36(58)33(55)21(3)67-46/h19-48,52-65H,7-18H2,1-6H3/t19-,20+,21+,22+,23+,24-,25+,26-,27-,28-,29+,30-,31-,32+,33+,34+,35-,36-,37-,38+,39-,40-,41-,42+,43-,44-,45-,46+,47+,48-,49+,50+,51+/m1/s1. The zero-order valence-electron chi connectivity index (χ0n) is 43.2. The number of hydrogen-bond acceptors (Lipinski definition) is 23. The quantitative estimate of drug-likeness (QED) is 0.0775. The summed E-state index contributed by atoms with van der Waals surface area (Å²) in [7, 11) is 0. The van der Waals surface area contributed by atoms with Crippen LogP contribution in [0.4, 0.5) is 0 Å². The molecule has 0 aromatic carbocycles. The van der Waals surface area contributed by atoms with Crippen molar-refractivity contribution in [3.63, 3.8) is 0 Å². The van der Waals surface area contributed by atoms with Crippen LogP contribution in [0.5, 0.6) is 0 Å². The van der Waals surface area contributed by atoms with Crippen LogP contribution >= 0.6 is 0 Å². The molecule has 23 nitrogen and oxygen atoms in total. The molecule has 0 spiro atoms. The highest BCUT2D eigenvalue weighted by molar-refractivity contribution is 5.15. The lowest BCUT2D eigenvalue weighted by atomic mass is 9.44. The minimum atomic E-state index is -1.79. The van der Waals surface area contributed by atoms with Gasteiger partial charge in [0.05, 0.1) is 50.3 Å². The van der Waals surface area contributed by atoms with E-state index < -0.39 is 154 Å². The maximum atomic E-state index is 12.1. The zero-order valence-corrected chi connectivity index (χ0v) is 43.2. The molecule has 0 bridgehead atoms. The normalized spacial score (nSPS) is 57.0. The van der Waals surface area contributed by atoms with Crippen LogP contribution in [0.15, 0.2) is 0 Å². The predicted molar refractivity (Wildman–Crippen MR) is 250 cm³/mol. The summed E-state index contributed by atoms with van der Waals surface area (Å²) in [6.07, 6.45) is -25.5. The van der Waals surface area contributed by atoms with Gasteiger partial charge in [0.1, 0.15) is 85.5 Å². The van der Waals surface area contributed by atoms with Gasteiger partial charge in [0.2, 0.25) is 0 Å². The van der Waals surface area contributed by atoms with Crippen LogP contribution < -0.4 is 0 Å². The number of hydrogen-bond donors (Lipinski definition) is 14. The fraction of sp³-hybridized carbons (Fsp3) is 1.00. The molecule has 9 rings (SSSR count). The highest BCUT2D eigenvalue weighted by Crippen LogP contribution is 2.71. The van der Waals surface area contributed by atoms with Crippen LogP contribution in [0.1, 0.15) is 99.3 Å². The van der Waals surface area contributed by atoms with Crippen molar-refractivity contribution >= 4 is 0 Å². The van der Waals surface area contributed by atoms with Crippen LogP contribution in [-0.2, 0) is 42.6 Å². The Balaban J connectivity index is 0.845. The van der Waals surface area contributed by atoms with Gasteiger partial charge in [0, 0.05) is 12.3 Å². The monoisotopic (exact) mass is 1070 g/mol. The van der Waals surface area contributed by atoms with Crippen LogP contribution in [0.2, 0.25) is 0 Å². The number of ether oxygens (including phenoxy) is 9. The Labute approximate surface area is 431 Å². The molecule has 4 aliphatic carbocycles. The number of aliphatic hydroxyl groups is 14. The lowest BCUT2D eigenvalue weighted by molar-refractivity contribution is -0.391. The third kappa shape index (κ3) is 10.2. The number of rotatable bonds is 14. The van der Waals surface area contributed by atoms with E-state index in [2.05, 4.69) is 20.8 Å². The van der Waals surface area contributed by atoms with Crippen LogP contribution in [0, 0.1) is 52.3 Å². The Morgan fingerprint density at radius 1 is 0.581 bits per heavy atom. The molecule has 9 fully saturated rings. The molecule has 5 saturated heterocycles. The van der Waals surface area contributed by atoms with Crippen molar-refractivity contribution < 1.29 is 114 Å². The third-order valence-electron chi connectivity index (χ3n) is 20.0. The first-order chi connectivity index (χ1) is 34.9. The second kappa shape index (κ2) is 22.2. The van der Waals surface area contributed by atoms with Crippen LogP contribution in [0.3, 0.4) is 0 Å². The van der Waals surface area contributed by atoms with E-state index >= 15 is 0 Å². The molecule has 0 aromatic rings. The second-order valence-corrected chi connectivity index (χ2v) is 24.4. The molecule has 428 valence electrons. The summed E-state index contributed by atoms with van der Waals surface area (Å²) in [5.41, 5.74) is -0.377. The maximum Gasteiger partial charge on any atom is 0.187 e. The van der Waals surface area contributed by atoms with Crippen molar-refractivity contribution in [2.75, 3.05) is 19.8 Å². The van der Waals surface area contributed by atoms with E-state index in [1.807, 2.05) is 6.92 Å². The fourth-order valence-electron chi connectivity index (χ4n) is 15.6. The maximum absolute atomic E-state index is 12.1. The van der Waals surface area contributed by atoms with Gasteiger partial charge in [-0.2, -0.15) is 0 Å².